The van der Waals surface area contributed by atoms with Crippen LogP contribution in [0.4, 0.5) is 11.4 Å². The lowest BCUT2D eigenvalue weighted by atomic mass is 10.1. The Kier molecular flexibility index (Phi) is 4.28. The number of hydrogen-bond donors (Lipinski definition) is 1. The van der Waals surface area contributed by atoms with Crippen molar-refractivity contribution in [3.8, 4) is 0 Å². The summed E-state index contributed by atoms with van der Waals surface area (Å²) in [4.78, 5) is 13.9. The van der Waals surface area contributed by atoms with E-state index in [2.05, 4.69) is 4.98 Å². The molecule has 2 N–H and O–H groups in total. The lowest BCUT2D eigenvalue weighted by Gasteiger charge is -2.11. The largest absolute Gasteiger partial charge is 0.397 e. The molecule has 0 saturated carbocycles. The predicted molar refractivity (Wildman–Crippen MR) is 94.7 cm³/mol. The molecule has 3 aromatic rings. The molecule has 0 fully saturated rings. The molecule has 0 aliphatic carbocycles. The Morgan fingerprint density at radius 2 is 1.84 bits per heavy atom. The van der Waals surface area contributed by atoms with Gasteiger partial charge in [0.2, 0.25) is 9.84 Å². The van der Waals surface area contributed by atoms with E-state index in [1.54, 1.807) is 0 Å². The fourth-order valence-electron chi connectivity index (χ4n) is 2.43. The number of sulfone groups is 1. The topological polar surface area (TPSA) is 116 Å². The summed E-state index contributed by atoms with van der Waals surface area (Å²) >= 11 is 11.8. The second-order valence-corrected chi connectivity index (χ2v) is 7.78. The van der Waals surface area contributed by atoms with Gasteiger partial charge in [-0.15, -0.1) is 0 Å². The number of halogens is 2. The summed E-state index contributed by atoms with van der Waals surface area (Å²) < 4.78 is 26.0. The third-order valence-corrected chi connectivity index (χ3v) is 5.99. The molecule has 128 valence electrons. The number of nitro benzene ring substituents is 1. The summed E-state index contributed by atoms with van der Waals surface area (Å²) in [5.41, 5.74) is 5.38. The summed E-state index contributed by atoms with van der Waals surface area (Å²) in [6.07, 6.45) is 1.41. The first-order chi connectivity index (χ1) is 11.7. The van der Waals surface area contributed by atoms with Gasteiger partial charge in [0.05, 0.1) is 25.9 Å². The molecule has 0 bridgehead atoms. The van der Waals surface area contributed by atoms with Crippen LogP contribution in [-0.2, 0) is 9.84 Å². The van der Waals surface area contributed by atoms with Gasteiger partial charge >= 0.3 is 0 Å². The number of anilines is 1. The number of rotatable bonds is 3. The molecule has 0 amide bonds. The van der Waals surface area contributed by atoms with Crippen molar-refractivity contribution in [2.45, 2.75) is 9.79 Å². The zero-order valence-corrected chi connectivity index (χ0v) is 14.6. The van der Waals surface area contributed by atoms with E-state index in [-0.39, 0.29) is 31.5 Å². The maximum absolute atomic E-state index is 13.0. The van der Waals surface area contributed by atoms with Crippen LogP contribution < -0.4 is 5.73 Å². The fraction of sp³-hybridized carbons (Fsp3) is 0. The predicted octanol–water partition coefficient (Wildman–Crippen LogP) is 3.86. The molecule has 0 spiro atoms. The molecule has 1 aromatic heterocycles. The summed E-state index contributed by atoms with van der Waals surface area (Å²) in [7, 11) is -4.35. The minimum Gasteiger partial charge on any atom is -0.397 e. The van der Waals surface area contributed by atoms with Crippen molar-refractivity contribution < 1.29 is 13.3 Å². The molecule has 2 aromatic carbocycles. The second kappa shape index (κ2) is 6.14. The molecule has 7 nitrogen and oxygen atoms in total. The maximum atomic E-state index is 13.0. The van der Waals surface area contributed by atoms with Crippen LogP contribution in [0, 0.1) is 10.1 Å². The summed E-state index contributed by atoms with van der Waals surface area (Å²) in [6.45, 7) is 0. The molecule has 10 heteroatoms. The molecule has 0 radical (unpaired) electrons. The molecule has 3 rings (SSSR count). The third-order valence-electron chi connectivity index (χ3n) is 3.51. The van der Waals surface area contributed by atoms with Gasteiger partial charge in [-0.25, -0.2) is 8.42 Å². The Hall–Kier alpha value is -2.42. The van der Waals surface area contributed by atoms with E-state index in [0.29, 0.717) is 0 Å². The number of nitrogens with zero attached hydrogens (tertiary/aromatic N) is 2. The highest BCUT2D eigenvalue weighted by Gasteiger charge is 2.32. The van der Waals surface area contributed by atoms with Gasteiger partial charge in [0.15, 0.2) is 4.90 Å². The van der Waals surface area contributed by atoms with E-state index >= 15 is 0 Å². The zero-order chi connectivity index (χ0) is 18.4. The molecule has 25 heavy (non-hydrogen) atoms. The first-order valence-electron chi connectivity index (χ1n) is 6.75. The van der Waals surface area contributed by atoms with Crippen molar-refractivity contribution in [3.63, 3.8) is 0 Å². The molecule has 1 heterocycles. The van der Waals surface area contributed by atoms with Crippen molar-refractivity contribution in [3.05, 3.63) is 62.8 Å². The first-order valence-corrected chi connectivity index (χ1v) is 8.99. The normalized spacial score (nSPS) is 11.6. The van der Waals surface area contributed by atoms with E-state index in [9.17, 15) is 18.5 Å². The number of benzene rings is 2. The van der Waals surface area contributed by atoms with E-state index in [1.807, 2.05) is 0 Å². The molecular formula is C15H9Cl2N3O4S. The average Bonchev–Trinajstić information content (AvgIpc) is 2.56. The highest BCUT2D eigenvalue weighted by molar-refractivity contribution is 7.91. The highest BCUT2D eigenvalue weighted by atomic mass is 35.5. The van der Waals surface area contributed by atoms with E-state index in [4.69, 9.17) is 28.9 Å². The lowest BCUT2D eigenvalue weighted by Crippen LogP contribution is -2.08. The summed E-state index contributed by atoms with van der Waals surface area (Å²) in [5, 5.41) is 11.6. The second-order valence-electron chi connectivity index (χ2n) is 5.05. The Balaban J connectivity index is 2.44. The van der Waals surface area contributed by atoms with Crippen LogP contribution in [0.2, 0.25) is 10.0 Å². The number of aromatic nitrogens is 1. The van der Waals surface area contributed by atoms with Crippen LogP contribution >= 0.6 is 23.2 Å². The van der Waals surface area contributed by atoms with Crippen LogP contribution in [0.1, 0.15) is 0 Å². The van der Waals surface area contributed by atoms with Gasteiger partial charge in [-0.3, -0.25) is 15.1 Å². The molecule has 0 atom stereocenters. The SMILES string of the molecule is Nc1cc(S(=O)(=O)c2cc(Cl)ccc2Cl)c([N+](=O)[O-])c2cccnc12. The van der Waals surface area contributed by atoms with Crippen molar-refractivity contribution in [1.82, 2.24) is 4.98 Å². The van der Waals surface area contributed by atoms with Crippen LogP contribution in [0.3, 0.4) is 0 Å². The Morgan fingerprint density at radius 1 is 1.12 bits per heavy atom. The number of pyridine rings is 1. The Labute approximate surface area is 152 Å². The van der Waals surface area contributed by atoms with E-state index < -0.39 is 25.3 Å². The number of nitrogen functional groups attached to an aromatic ring is 1. The fourth-order valence-corrected chi connectivity index (χ4v) is 4.66. The van der Waals surface area contributed by atoms with Crippen LogP contribution in [-0.4, -0.2) is 18.3 Å². The average molecular weight is 398 g/mol. The van der Waals surface area contributed by atoms with Gasteiger partial charge in [0, 0.05) is 11.2 Å². The van der Waals surface area contributed by atoms with Crippen molar-refractivity contribution in [1.29, 1.82) is 0 Å². The van der Waals surface area contributed by atoms with E-state index in [0.717, 1.165) is 12.1 Å². The number of hydrogen-bond acceptors (Lipinski definition) is 6. The van der Waals surface area contributed by atoms with Crippen molar-refractivity contribution in [2.75, 3.05) is 5.73 Å². The van der Waals surface area contributed by atoms with Crippen molar-refractivity contribution in [2.24, 2.45) is 0 Å². The Bertz CT molecular complexity index is 1130. The van der Waals surface area contributed by atoms with Gasteiger partial charge < -0.3 is 5.73 Å². The van der Waals surface area contributed by atoms with E-state index in [1.165, 1.54) is 30.5 Å². The standard InChI is InChI=1S/C15H9Cl2N3O4S/c16-8-3-4-10(17)12(6-8)25(23,24)13-7-11(18)14-9(2-1-5-19-14)15(13)20(21)22/h1-7H,18H2. The highest BCUT2D eigenvalue weighted by Crippen LogP contribution is 2.40. The molecule has 0 unspecified atom stereocenters. The van der Waals surface area contributed by atoms with Crippen LogP contribution in [0.5, 0.6) is 0 Å². The number of nitrogens with two attached hydrogens (primary N) is 1. The van der Waals surface area contributed by atoms with Crippen LogP contribution in [0.25, 0.3) is 10.9 Å². The van der Waals surface area contributed by atoms with Gasteiger partial charge in [0.25, 0.3) is 5.69 Å². The van der Waals surface area contributed by atoms with Crippen LogP contribution in [0.15, 0.2) is 52.4 Å². The quantitative estimate of drug-likeness (QED) is 0.407. The number of nitro groups is 1. The maximum Gasteiger partial charge on any atom is 0.297 e. The first kappa shape index (κ1) is 17.4. The molecule has 0 saturated heterocycles. The van der Waals surface area contributed by atoms with Crippen molar-refractivity contribution >= 4 is 55.3 Å². The Morgan fingerprint density at radius 3 is 2.52 bits per heavy atom. The molecule has 0 aliphatic rings. The monoisotopic (exact) mass is 397 g/mol. The summed E-state index contributed by atoms with van der Waals surface area (Å²) in [5.74, 6) is 0. The minimum absolute atomic E-state index is 0.00192. The molecular weight excluding hydrogens is 389 g/mol. The lowest BCUT2D eigenvalue weighted by molar-refractivity contribution is -0.386. The third kappa shape index (κ3) is 2.88. The number of fused-ring (bicyclic) bond motifs is 1. The van der Waals surface area contributed by atoms with Gasteiger partial charge in [-0.05, 0) is 36.4 Å². The van der Waals surface area contributed by atoms with Gasteiger partial charge in [-0.1, -0.05) is 23.2 Å². The zero-order valence-electron chi connectivity index (χ0n) is 12.3. The minimum atomic E-state index is -4.35. The smallest absolute Gasteiger partial charge is 0.297 e. The summed E-state index contributed by atoms with van der Waals surface area (Å²) in [6, 6.07) is 7.70. The van der Waals surface area contributed by atoms with Gasteiger partial charge in [0.1, 0.15) is 5.52 Å². The van der Waals surface area contributed by atoms with Gasteiger partial charge in [-0.2, -0.15) is 0 Å². The molecule has 0 aliphatic heterocycles.